The molecule has 3 nitrogen and oxygen atoms in total. The van der Waals surface area contributed by atoms with E-state index in [-0.39, 0.29) is 0 Å². The van der Waals surface area contributed by atoms with Crippen LogP contribution in [-0.4, -0.2) is 24.8 Å². The largest absolute Gasteiger partial charge is 0.378 e. The van der Waals surface area contributed by atoms with Gasteiger partial charge < -0.3 is 4.74 Å². The Hall–Kier alpha value is -0.590. The fourth-order valence-electron chi connectivity index (χ4n) is 2.86. The highest BCUT2D eigenvalue weighted by Crippen LogP contribution is 2.29. The Labute approximate surface area is 118 Å². The van der Waals surface area contributed by atoms with Crippen LogP contribution in [0, 0.1) is 17.2 Å². The highest BCUT2D eigenvalue weighted by atomic mass is 16.5. The van der Waals surface area contributed by atoms with Crippen molar-refractivity contribution in [3.8, 4) is 6.07 Å². The van der Waals surface area contributed by atoms with Gasteiger partial charge in [0.25, 0.3) is 0 Å². The van der Waals surface area contributed by atoms with E-state index in [2.05, 4.69) is 25.2 Å². The molecule has 0 radical (unpaired) electrons. The third-order valence-corrected chi connectivity index (χ3v) is 4.31. The maximum atomic E-state index is 9.28. The summed E-state index contributed by atoms with van der Waals surface area (Å²) in [7, 11) is 0. The molecule has 0 aromatic carbocycles. The molecule has 3 atom stereocenters. The van der Waals surface area contributed by atoms with Crippen LogP contribution in [0.15, 0.2) is 0 Å². The van der Waals surface area contributed by atoms with Crippen LogP contribution in [0.4, 0.5) is 0 Å². The van der Waals surface area contributed by atoms with E-state index < -0.39 is 5.54 Å². The summed E-state index contributed by atoms with van der Waals surface area (Å²) >= 11 is 0. The van der Waals surface area contributed by atoms with Crippen LogP contribution in [0.3, 0.4) is 0 Å². The smallest absolute Gasteiger partial charge is 0.106 e. The fourth-order valence-corrected chi connectivity index (χ4v) is 2.86. The average molecular weight is 266 g/mol. The fraction of sp³-hybridized carbons (Fsp3) is 0.938. The van der Waals surface area contributed by atoms with Crippen molar-refractivity contribution in [1.29, 1.82) is 5.26 Å². The van der Waals surface area contributed by atoms with Gasteiger partial charge in [-0.3, -0.25) is 5.32 Å². The topological polar surface area (TPSA) is 45.0 Å². The second kappa shape index (κ2) is 8.55. The first-order chi connectivity index (χ1) is 9.15. The van der Waals surface area contributed by atoms with Gasteiger partial charge in [0.15, 0.2) is 0 Å². The third-order valence-electron chi connectivity index (χ3n) is 4.31. The summed E-state index contributed by atoms with van der Waals surface area (Å²) < 4.78 is 6.07. The van der Waals surface area contributed by atoms with Crippen molar-refractivity contribution in [2.45, 2.75) is 77.4 Å². The number of nitrogens with zero attached hydrogens (tertiary/aromatic N) is 1. The van der Waals surface area contributed by atoms with E-state index in [1.165, 1.54) is 32.1 Å². The van der Waals surface area contributed by atoms with E-state index in [4.69, 9.17) is 4.74 Å². The van der Waals surface area contributed by atoms with E-state index >= 15 is 0 Å². The van der Waals surface area contributed by atoms with Crippen LogP contribution < -0.4 is 5.32 Å². The van der Waals surface area contributed by atoms with Crippen LogP contribution >= 0.6 is 0 Å². The lowest BCUT2D eigenvalue weighted by Crippen LogP contribution is -2.42. The van der Waals surface area contributed by atoms with Gasteiger partial charge in [-0.25, -0.2) is 0 Å². The summed E-state index contributed by atoms with van der Waals surface area (Å²) in [4.78, 5) is 0. The lowest BCUT2D eigenvalue weighted by Gasteiger charge is -2.32. The summed E-state index contributed by atoms with van der Waals surface area (Å²) in [6.07, 6.45) is 8.63. The van der Waals surface area contributed by atoms with Crippen LogP contribution in [0.5, 0.6) is 0 Å². The van der Waals surface area contributed by atoms with Gasteiger partial charge in [0, 0.05) is 13.0 Å². The molecule has 1 aliphatic rings. The molecule has 110 valence electrons. The first-order valence-electron chi connectivity index (χ1n) is 7.93. The van der Waals surface area contributed by atoms with Crippen molar-refractivity contribution in [2.24, 2.45) is 5.92 Å². The van der Waals surface area contributed by atoms with Gasteiger partial charge in [0.2, 0.25) is 0 Å². The van der Waals surface area contributed by atoms with Crippen LogP contribution in [-0.2, 0) is 4.74 Å². The van der Waals surface area contributed by atoms with Crippen molar-refractivity contribution in [2.75, 3.05) is 13.2 Å². The molecule has 0 saturated heterocycles. The molecule has 3 heteroatoms. The molecule has 0 heterocycles. The molecule has 1 saturated carbocycles. The van der Waals surface area contributed by atoms with Gasteiger partial charge in [-0.2, -0.15) is 5.26 Å². The lowest BCUT2D eigenvalue weighted by atomic mass is 9.84. The number of nitriles is 1. The number of ether oxygens (including phenoxy) is 1. The maximum Gasteiger partial charge on any atom is 0.106 e. The minimum atomic E-state index is -0.438. The van der Waals surface area contributed by atoms with Gasteiger partial charge in [0.05, 0.1) is 12.2 Å². The molecule has 0 aliphatic heterocycles. The summed E-state index contributed by atoms with van der Waals surface area (Å²) in [6, 6.07) is 2.39. The molecule has 0 spiro atoms. The Balaban J connectivity index is 2.33. The van der Waals surface area contributed by atoms with Crippen molar-refractivity contribution in [1.82, 2.24) is 5.32 Å². The van der Waals surface area contributed by atoms with E-state index in [0.717, 1.165) is 25.3 Å². The monoisotopic (exact) mass is 266 g/mol. The van der Waals surface area contributed by atoms with Crippen LogP contribution in [0.25, 0.3) is 0 Å². The van der Waals surface area contributed by atoms with E-state index in [9.17, 15) is 5.26 Å². The Morgan fingerprint density at radius 1 is 1.32 bits per heavy atom. The van der Waals surface area contributed by atoms with Gasteiger partial charge >= 0.3 is 0 Å². The second-order valence-corrected chi connectivity index (χ2v) is 5.98. The Morgan fingerprint density at radius 2 is 2.05 bits per heavy atom. The quantitative estimate of drug-likeness (QED) is 0.729. The molecule has 3 unspecified atom stereocenters. The predicted molar refractivity (Wildman–Crippen MR) is 78.9 cm³/mol. The van der Waals surface area contributed by atoms with E-state index in [1.54, 1.807) is 0 Å². The maximum absolute atomic E-state index is 9.28. The van der Waals surface area contributed by atoms with Gasteiger partial charge in [-0.05, 0) is 38.6 Å². The zero-order chi connectivity index (χ0) is 14.1. The molecule has 1 rings (SSSR count). The van der Waals surface area contributed by atoms with Crippen molar-refractivity contribution < 1.29 is 4.74 Å². The second-order valence-electron chi connectivity index (χ2n) is 5.98. The van der Waals surface area contributed by atoms with Gasteiger partial charge in [0.1, 0.15) is 5.54 Å². The highest BCUT2D eigenvalue weighted by Gasteiger charge is 2.26. The first kappa shape index (κ1) is 16.5. The van der Waals surface area contributed by atoms with E-state index in [0.29, 0.717) is 12.7 Å². The van der Waals surface area contributed by atoms with Crippen molar-refractivity contribution >= 4 is 0 Å². The molecular formula is C16H30N2O. The summed E-state index contributed by atoms with van der Waals surface area (Å²) in [5.74, 6) is 0.727. The Kier molecular flexibility index (Phi) is 7.41. The minimum Gasteiger partial charge on any atom is -0.378 e. The minimum absolute atomic E-state index is 0.424. The summed E-state index contributed by atoms with van der Waals surface area (Å²) in [5.41, 5.74) is -0.438. The molecule has 1 aliphatic carbocycles. The zero-order valence-electron chi connectivity index (χ0n) is 12.9. The first-order valence-corrected chi connectivity index (χ1v) is 7.93. The molecule has 0 bridgehead atoms. The lowest BCUT2D eigenvalue weighted by molar-refractivity contribution is -0.0174. The molecule has 19 heavy (non-hydrogen) atoms. The number of hydrogen-bond acceptors (Lipinski definition) is 3. The molecule has 1 N–H and O–H groups in total. The highest BCUT2D eigenvalue weighted by molar-refractivity contribution is 5.03. The molecule has 0 amide bonds. The zero-order valence-corrected chi connectivity index (χ0v) is 12.9. The third kappa shape index (κ3) is 5.50. The molecule has 1 fully saturated rings. The van der Waals surface area contributed by atoms with Crippen molar-refractivity contribution in [3.63, 3.8) is 0 Å². The Bertz CT molecular complexity index is 287. The Morgan fingerprint density at radius 3 is 2.68 bits per heavy atom. The average Bonchev–Trinajstić information content (AvgIpc) is 2.45. The van der Waals surface area contributed by atoms with Crippen LogP contribution in [0.2, 0.25) is 0 Å². The van der Waals surface area contributed by atoms with Crippen molar-refractivity contribution in [3.05, 3.63) is 0 Å². The molecule has 0 aromatic rings. The van der Waals surface area contributed by atoms with E-state index in [1.807, 2.05) is 6.92 Å². The summed E-state index contributed by atoms with van der Waals surface area (Å²) in [6.45, 7) is 7.95. The molecule has 0 aromatic heterocycles. The predicted octanol–water partition coefficient (Wildman–Crippen LogP) is 3.64. The van der Waals surface area contributed by atoms with Gasteiger partial charge in [-0.1, -0.05) is 33.1 Å². The SMILES string of the molecule is CCCNC(C)(C#N)CCOC1CCCCC1CC. The normalized spacial score (nSPS) is 26.6. The molecular weight excluding hydrogens is 236 g/mol. The summed E-state index contributed by atoms with van der Waals surface area (Å²) in [5, 5.41) is 12.6. The standard InChI is InChI=1S/C16H30N2O/c1-4-11-18-16(3,13-17)10-12-19-15-9-7-6-8-14(15)5-2/h14-15,18H,4-12H2,1-3H3. The number of hydrogen-bond donors (Lipinski definition) is 1. The number of rotatable bonds is 8. The van der Waals surface area contributed by atoms with Crippen LogP contribution in [0.1, 0.15) is 65.7 Å². The number of nitrogens with one attached hydrogen (secondary N) is 1. The van der Waals surface area contributed by atoms with Gasteiger partial charge in [-0.15, -0.1) is 0 Å².